The molecule has 0 unspecified atom stereocenters. The lowest BCUT2D eigenvalue weighted by atomic mass is 10.2. The zero-order chi connectivity index (χ0) is 10.6. The molecule has 2 nitrogen and oxygen atoms in total. The Hall–Kier alpha value is -0.340. The van der Waals surface area contributed by atoms with Crippen LogP contribution >= 0.6 is 0 Å². The minimum Gasteiger partial charge on any atom is -0.380 e. The van der Waals surface area contributed by atoms with Gasteiger partial charge in [-0.05, 0) is 19.3 Å². The number of unbranched alkanes of at least 4 members (excludes halogenated alkanes) is 3. The van der Waals surface area contributed by atoms with Crippen LogP contribution in [0.1, 0.15) is 39.5 Å². The van der Waals surface area contributed by atoms with Gasteiger partial charge in [0.15, 0.2) is 0 Å². The second-order valence-electron chi connectivity index (χ2n) is 3.86. The Balaban J connectivity index is 2.88. The van der Waals surface area contributed by atoms with E-state index in [-0.39, 0.29) is 0 Å². The molecule has 0 radical (unpaired) electrons. The molecule has 0 aromatic rings. The van der Waals surface area contributed by atoms with Crippen molar-refractivity contribution < 1.29 is 4.74 Å². The molecule has 0 amide bonds. The SMILES string of the molecule is C=CCCCCCOCCNC(C)C. The van der Waals surface area contributed by atoms with Crippen molar-refractivity contribution in [3.05, 3.63) is 12.7 Å². The lowest BCUT2D eigenvalue weighted by Crippen LogP contribution is -2.26. The lowest BCUT2D eigenvalue weighted by Gasteiger charge is -2.08. The molecular weight excluding hydrogens is 174 g/mol. The van der Waals surface area contributed by atoms with E-state index in [0.29, 0.717) is 6.04 Å². The number of hydrogen-bond acceptors (Lipinski definition) is 2. The molecule has 14 heavy (non-hydrogen) atoms. The van der Waals surface area contributed by atoms with Crippen LogP contribution in [0.5, 0.6) is 0 Å². The molecule has 0 aliphatic rings. The first kappa shape index (κ1) is 13.7. The Morgan fingerprint density at radius 2 is 2.00 bits per heavy atom. The zero-order valence-electron chi connectivity index (χ0n) is 9.72. The van der Waals surface area contributed by atoms with Crippen molar-refractivity contribution in [3.63, 3.8) is 0 Å². The van der Waals surface area contributed by atoms with Crippen molar-refractivity contribution in [1.29, 1.82) is 0 Å². The highest BCUT2D eigenvalue weighted by atomic mass is 16.5. The number of nitrogens with one attached hydrogen (secondary N) is 1. The minimum absolute atomic E-state index is 0.561. The van der Waals surface area contributed by atoms with Gasteiger partial charge in [-0.1, -0.05) is 26.3 Å². The van der Waals surface area contributed by atoms with Crippen molar-refractivity contribution >= 4 is 0 Å². The zero-order valence-corrected chi connectivity index (χ0v) is 9.72. The first-order chi connectivity index (χ1) is 6.77. The van der Waals surface area contributed by atoms with E-state index in [4.69, 9.17) is 4.74 Å². The predicted molar refractivity (Wildman–Crippen MR) is 62.6 cm³/mol. The number of allylic oxidation sites excluding steroid dienone is 1. The number of rotatable bonds is 10. The molecule has 1 N–H and O–H groups in total. The van der Waals surface area contributed by atoms with Gasteiger partial charge in [0.25, 0.3) is 0 Å². The summed E-state index contributed by atoms with van der Waals surface area (Å²) in [6.07, 6.45) is 6.79. The van der Waals surface area contributed by atoms with Gasteiger partial charge in [0.2, 0.25) is 0 Å². The molecule has 0 bridgehead atoms. The molecule has 2 heteroatoms. The van der Waals surface area contributed by atoms with Gasteiger partial charge in [-0.15, -0.1) is 6.58 Å². The van der Waals surface area contributed by atoms with E-state index >= 15 is 0 Å². The first-order valence-electron chi connectivity index (χ1n) is 5.69. The fourth-order valence-corrected chi connectivity index (χ4v) is 1.19. The van der Waals surface area contributed by atoms with Crippen LogP contribution < -0.4 is 5.32 Å². The van der Waals surface area contributed by atoms with Gasteiger partial charge in [0.1, 0.15) is 0 Å². The molecule has 0 saturated carbocycles. The second kappa shape index (κ2) is 10.7. The van der Waals surface area contributed by atoms with Crippen molar-refractivity contribution in [2.24, 2.45) is 0 Å². The number of hydrogen-bond donors (Lipinski definition) is 1. The van der Waals surface area contributed by atoms with Gasteiger partial charge in [0, 0.05) is 19.2 Å². The Kier molecular flexibility index (Phi) is 10.5. The van der Waals surface area contributed by atoms with Crippen LogP contribution in [-0.2, 0) is 4.74 Å². The maximum atomic E-state index is 5.48. The molecule has 0 fully saturated rings. The molecule has 0 aromatic heterocycles. The monoisotopic (exact) mass is 199 g/mol. The van der Waals surface area contributed by atoms with E-state index in [2.05, 4.69) is 25.7 Å². The van der Waals surface area contributed by atoms with E-state index in [1.54, 1.807) is 0 Å². The highest BCUT2D eigenvalue weighted by molar-refractivity contribution is 4.65. The van der Waals surface area contributed by atoms with E-state index in [0.717, 1.165) is 26.2 Å². The van der Waals surface area contributed by atoms with Gasteiger partial charge in [-0.3, -0.25) is 0 Å². The largest absolute Gasteiger partial charge is 0.380 e. The summed E-state index contributed by atoms with van der Waals surface area (Å²) in [6, 6.07) is 0.561. The maximum absolute atomic E-state index is 5.48. The van der Waals surface area contributed by atoms with Crippen LogP contribution in [0.2, 0.25) is 0 Å². The third-order valence-corrected chi connectivity index (χ3v) is 2.00. The van der Waals surface area contributed by atoms with Gasteiger partial charge >= 0.3 is 0 Å². The molecule has 0 spiro atoms. The molecule has 84 valence electrons. The molecule has 0 aliphatic carbocycles. The standard InChI is InChI=1S/C12H25NO/c1-4-5-6-7-8-10-14-11-9-13-12(2)3/h4,12-13H,1,5-11H2,2-3H3. The summed E-state index contributed by atoms with van der Waals surface area (Å²) >= 11 is 0. The Morgan fingerprint density at radius 3 is 2.64 bits per heavy atom. The van der Waals surface area contributed by atoms with E-state index in [1.807, 2.05) is 6.08 Å². The van der Waals surface area contributed by atoms with Crippen LogP contribution in [0.25, 0.3) is 0 Å². The quantitative estimate of drug-likeness (QED) is 0.431. The van der Waals surface area contributed by atoms with Gasteiger partial charge in [0.05, 0.1) is 6.61 Å². The second-order valence-corrected chi connectivity index (χ2v) is 3.86. The highest BCUT2D eigenvalue weighted by Crippen LogP contribution is 1.99. The van der Waals surface area contributed by atoms with Crippen molar-refractivity contribution in [1.82, 2.24) is 5.32 Å². The van der Waals surface area contributed by atoms with Gasteiger partial charge < -0.3 is 10.1 Å². The smallest absolute Gasteiger partial charge is 0.0590 e. The summed E-state index contributed by atoms with van der Waals surface area (Å²) in [5.74, 6) is 0. The third-order valence-electron chi connectivity index (χ3n) is 2.00. The highest BCUT2D eigenvalue weighted by Gasteiger charge is 1.92. The molecule has 0 heterocycles. The Morgan fingerprint density at radius 1 is 1.21 bits per heavy atom. The fourth-order valence-electron chi connectivity index (χ4n) is 1.19. The average molecular weight is 199 g/mol. The summed E-state index contributed by atoms with van der Waals surface area (Å²) in [7, 11) is 0. The third kappa shape index (κ3) is 11.7. The van der Waals surface area contributed by atoms with Crippen molar-refractivity contribution in [2.75, 3.05) is 19.8 Å². The van der Waals surface area contributed by atoms with Gasteiger partial charge in [-0.2, -0.15) is 0 Å². The lowest BCUT2D eigenvalue weighted by molar-refractivity contribution is 0.130. The average Bonchev–Trinajstić information content (AvgIpc) is 2.15. The Labute approximate surface area is 88.7 Å². The van der Waals surface area contributed by atoms with Crippen LogP contribution in [-0.4, -0.2) is 25.8 Å². The molecule has 0 saturated heterocycles. The Bertz CT molecular complexity index is 123. The maximum Gasteiger partial charge on any atom is 0.0590 e. The van der Waals surface area contributed by atoms with Crippen molar-refractivity contribution in [2.45, 2.75) is 45.6 Å². The summed E-state index contributed by atoms with van der Waals surface area (Å²) in [6.45, 7) is 10.7. The van der Waals surface area contributed by atoms with E-state index < -0.39 is 0 Å². The molecule has 0 rings (SSSR count). The first-order valence-corrected chi connectivity index (χ1v) is 5.69. The minimum atomic E-state index is 0.561. The topological polar surface area (TPSA) is 21.3 Å². The summed E-state index contributed by atoms with van der Waals surface area (Å²) in [5, 5.41) is 3.32. The van der Waals surface area contributed by atoms with Crippen LogP contribution in [0, 0.1) is 0 Å². The number of ether oxygens (including phenoxy) is 1. The van der Waals surface area contributed by atoms with E-state index in [9.17, 15) is 0 Å². The molecule has 0 aromatic carbocycles. The molecule has 0 aliphatic heterocycles. The van der Waals surface area contributed by atoms with E-state index in [1.165, 1.54) is 19.3 Å². The van der Waals surface area contributed by atoms with Crippen LogP contribution in [0.4, 0.5) is 0 Å². The predicted octanol–water partition coefficient (Wildman–Crippen LogP) is 2.75. The normalized spacial score (nSPS) is 10.8. The molecule has 0 atom stereocenters. The van der Waals surface area contributed by atoms with Crippen LogP contribution in [0.3, 0.4) is 0 Å². The summed E-state index contributed by atoms with van der Waals surface area (Å²) < 4.78 is 5.48. The fraction of sp³-hybridized carbons (Fsp3) is 0.833. The summed E-state index contributed by atoms with van der Waals surface area (Å²) in [4.78, 5) is 0. The van der Waals surface area contributed by atoms with Crippen molar-refractivity contribution in [3.8, 4) is 0 Å². The van der Waals surface area contributed by atoms with Crippen LogP contribution in [0.15, 0.2) is 12.7 Å². The molecular formula is C12H25NO. The summed E-state index contributed by atoms with van der Waals surface area (Å²) in [5.41, 5.74) is 0. The van der Waals surface area contributed by atoms with Gasteiger partial charge in [-0.25, -0.2) is 0 Å².